The molecule has 2 rings (SSSR count). The largest absolute Gasteiger partial charge is 0.341 e. The van der Waals surface area contributed by atoms with Crippen LogP contribution in [0, 0.1) is 0 Å². The van der Waals surface area contributed by atoms with Crippen LogP contribution in [0.15, 0.2) is 65.6 Å². The van der Waals surface area contributed by atoms with Crippen molar-refractivity contribution in [2.75, 3.05) is 12.3 Å². The molecule has 1 amide bonds. The molecule has 4 heteroatoms. The molecule has 110 valence electrons. The maximum Gasteiger partial charge on any atom is 0.210 e. The third-order valence-electron chi connectivity index (χ3n) is 3.16. The maximum absolute atomic E-state index is 12.1. The summed E-state index contributed by atoms with van der Waals surface area (Å²) < 4.78 is 12.1. The second kappa shape index (κ2) is 8.37. The Morgan fingerprint density at radius 3 is 2.19 bits per heavy atom. The van der Waals surface area contributed by atoms with Gasteiger partial charge in [0.25, 0.3) is 0 Å². The first-order valence-electron chi connectivity index (χ1n) is 6.96. The Balaban J connectivity index is 1.78. The Labute approximate surface area is 128 Å². The number of rotatable bonds is 8. The second-order valence-corrected chi connectivity index (χ2v) is 6.35. The molecular weight excluding hydrogens is 282 g/mol. The molecule has 2 aromatic carbocycles. The van der Waals surface area contributed by atoms with E-state index in [1.807, 2.05) is 60.7 Å². The molecule has 2 aromatic rings. The lowest BCUT2D eigenvalue weighted by atomic mass is 10.2. The summed E-state index contributed by atoms with van der Waals surface area (Å²) >= 11 is 0. The van der Waals surface area contributed by atoms with Crippen molar-refractivity contribution in [3.05, 3.63) is 66.2 Å². The Morgan fingerprint density at radius 1 is 0.952 bits per heavy atom. The van der Waals surface area contributed by atoms with Crippen molar-refractivity contribution in [2.45, 2.75) is 17.9 Å². The molecule has 0 N–H and O–H groups in total. The van der Waals surface area contributed by atoms with E-state index in [-0.39, 0.29) is 0 Å². The summed E-state index contributed by atoms with van der Waals surface area (Å²) in [7, 11) is -0.991. The van der Waals surface area contributed by atoms with E-state index in [0.717, 1.165) is 23.3 Å². The van der Waals surface area contributed by atoms with Gasteiger partial charge in [-0.15, -0.1) is 0 Å². The third kappa shape index (κ3) is 5.16. The zero-order chi connectivity index (χ0) is 14.9. The summed E-state index contributed by atoms with van der Waals surface area (Å²) in [6, 6.07) is 19.3. The average Bonchev–Trinajstić information content (AvgIpc) is 2.55. The minimum Gasteiger partial charge on any atom is -0.341 e. The standard InChI is InChI=1S/C17H19NO2S/c19-15-18(14-16-8-3-1-4-9-16)12-7-13-21(20)17-10-5-2-6-11-17/h1-6,8-11,15H,7,12-14H2. The number of hydrogen-bond donors (Lipinski definition) is 0. The van der Waals surface area contributed by atoms with Gasteiger partial charge in [-0.3, -0.25) is 9.00 Å². The van der Waals surface area contributed by atoms with Crippen LogP contribution in [-0.4, -0.2) is 27.8 Å². The van der Waals surface area contributed by atoms with Gasteiger partial charge in [0, 0.05) is 23.7 Å². The first kappa shape index (κ1) is 15.4. The van der Waals surface area contributed by atoms with E-state index in [1.54, 1.807) is 4.90 Å². The predicted octanol–water partition coefficient (Wildman–Crippen LogP) is 2.84. The molecule has 0 heterocycles. The zero-order valence-electron chi connectivity index (χ0n) is 11.9. The number of amides is 1. The van der Waals surface area contributed by atoms with E-state index in [0.29, 0.717) is 18.8 Å². The second-order valence-electron chi connectivity index (χ2n) is 4.78. The lowest BCUT2D eigenvalue weighted by Crippen LogP contribution is -2.23. The summed E-state index contributed by atoms with van der Waals surface area (Å²) in [4.78, 5) is 13.7. The predicted molar refractivity (Wildman–Crippen MR) is 85.3 cm³/mol. The Kier molecular flexibility index (Phi) is 6.16. The molecule has 21 heavy (non-hydrogen) atoms. The summed E-state index contributed by atoms with van der Waals surface area (Å²) in [5.41, 5.74) is 1.11. The fourth-order valence-electron chi connectivity index (χ4n) is 2.08. The highest BCUT2D eigenvalue weighted by molar-refractivity contribution is 7.85. The first-order chi connectivity index (χ1) is 10.3. The van der Waals surface area contributed by atoms with Crippen molar-refractivity contribution in [3.8, 4) is 0 Å². The normalized spacial score (nSPS) is 11.8. The van der Waals surface area contributed by atoms with Crippen molar-refractivity contribution < 1.29 is 9.00 Å². The SMILES string of the molecule is O=CN(CCCS(=O)c1ccccc1)Cc1ccccc1. The molecule has 0 saturated carbocycles. The van der Waals surface area contributed by atoms with Gasteiger partial charge >= 0.3 is 0 Å². The molecule has 0 bridgehead atoms. The molecule has 0 aliphatic rings. The van der Waals surface area contributed by atoms with Gasteiger partial charge in [-0.25, -0.2) is 0 Å². The monoisotopic (exact) mass is 301 g/mol. The quantitative estimate of drug-likeness (QED) is 0.703. The van der Waals surface area contributed by atoms with E-state index in [1.165, 1.54) is 0 Å². The molecule has 0 aromatic heterocycles. The van der Waals surface area contributed by atoms with Gasteiger partial charge in [-0.2, -0.15) is 0 Å². The number of carbonyl (C=O) groups is 1. The lowest BCUT2D eigenvalue weighted by Gasteiger charge is -2.17. The number of benzene rings is 2. The molecule has 0 aliphatic heterocycles. The number of carbonyl (C=O) groups excluding carboxylic acids is 1. The summed E-state index contributed by atoms with van der Waals surface area (Å²) in [6.45, 7) is 1.22. The highest BCUT2D eigenvalue weighted by atomic mass is 32.2. The lowest BCUT2D eigenvalue weighted by molar-refractivity contribution is -0.118. The highest BCUT2D eigenvalue weighted by Crippen LogP contribution is 2.08. The van der Waals surface area contributed by atoms with Crippen LogP contribution < -0.4 is 0 Å². The smallest absolute Gasteiger partial charge is 0.210 e. The third-order valence-corrected chi connectivity index (χ3v) is 4.62. The van der Waals surface area contributed by atoms with Crippen LogP contribution in [-0.2, 0) is 22.1 Å². The van der Waals surface area contributed by atoms with Crippen LogP contribution in [0.25, 0.3) is 0 Å². The number of hydrogen-bond acceptors (Lipinski definition) is 2. The van der Waals surface area contributed by atoms with Gasteiger partial charge in [0.1, 0.15) is 0 Å². The topological polar surface area (TPSA) is 37.4 Å². The number of nitrogens with zero attached hydrogens (tertiary/aromatic N) is 1. The minimum atomic E-state index is -0.991. The zero-order valence-corrected chi connectivity index (χ0v) is 12.7. The first-order valence-corrected chi connectivity index (χ1v) is 8.28. The van der Waals surface area contributed by atoms with E-state index in [2.05, 4.69) is 0 Å². The van der Waals surface area contributed by atoms with Crippen molar-refractivity contribution >= 4 is 17.2 Å². The van der Waals surface area contributed by atoms with Gasteiger partial charge < -0.3 is 4.90 Å². The minimum absolute atomic E-state index is 0.573. The molecule has 0 saturated heterocycles. The molecule has 0 radical (unpaired) electrons. The van der Waals surface area contributed by atoms with E-state index < -0.39 is 10.8 Å². The molecular formula is C17H19NO2S. The molecule has 0 spiro atoms. The van der Waals surface area contributed by atoms with Crippen molar-refractivity contribution in [1.29, 1.82) is 0 Å². The van der Waals surface area contributed by atoms with Gasteiger partial charge in [-0.05, 0) is 24.1 Å². The Hall–Kier alpha value is -1.94. The van der Waals surface area contributed by atoms with Crippen molar-refractivity contribution in [1.82, 2.24) is 4.90 Å². The maximum atomic E-state index is 12.1. The Morgan fingerprint density at radius 2 is 1.57 bits per heavy atom. The van der Waals surface area contributed by atoms with Gasteiger partial charge in [0.2, 0.25) is 6.41 Å². The van der Waals surface area contributed by atoms with E-state index in [4.69, 9.17) is 0 Å². The molecule has 3 nitrogen and oxygen atoms in total. The Bertz CT molecular complexity index is 572. The van der Waals surface area contributed by atoms with Crippen LogP contribution in [0.1, 0.15) is 12.0 Å². The van der Waals surface area contributed by atoms with E-state index >= 15 is 0 Å². The van der Waals surface area contributed by atoms with Crippen LogP contribution in [0.3, 0.4) is 0 Å². The summed E-state index contributed by atoms with van der Waals surface area (Å²) in [5.74, 6) is 0.573. The molecule has 1 unspecified atom stereocenters. The van der Waals surface area contributed by atoms with Gasteiger partial charge in [0.15, 0.2) is 0 Å². The highest BCUT2D eigenvalue weighted by Gasteiger charge is 2.06. The molecule has 0 fully saturated rings. The van der Waals surface area contributed by atoms with E-state index in [9.17, 15) is 9.00 Å². The summed E-state index contributed by atoms with van der Waals surface area (Å²) in [6.07, 6.45) is 1.59. The van der Waals surface area contributed by atoms with Gasteiger partial charge in [0.05, 0.1) is 10.8 Å². The molecule has 1 atom stereocenters. The van der Waals surface area contributed by atoms with Crippen LogP contribution in [0.5, 0.6) is 0 Å². The summed E-state index contributed by atoms with van der Waals surface area (Å²) in [5, 5.41) is 0. The fourth-order valence-corrected chi connectivity index (χ4v) is 3.16. The molecule has 0 aliphatic carbocycles. The van der Waals surface area contributed by atoms with Crippen molar-refractivity contribution in [3.63, 3.8) is 0 Å². The van der Waals surface area contributed by atoms with Crippen LogP contribution in [0.4, 0.5) is 0 Å². The van der Waals surface area contributed by atoms with Crippen LogP contribution >= 0.6 is 0 Å². The average molecular weight is 301 g/mol. The fraction of sp³-hybridized carbons (Fsp3) is 0.235. The van der Waals surface area contributed by atoms with Crippen LogP contribution in [0.2, 0.25) is 0 Å². The van der Waals surface area contributed by atoms with Crippen molar-refractivity contribution in [2.24, 2.45) is 0 Å². The van der Waals surface area contributed by atoms with Gasteiger partial charge in [-0.1, -0.05) is 48.5 Å².